The van der Waals surface area contributed by atoms with Crippen molar-refractivity contribution in [2.45, 2.75) is 44.6 Å². The molecule has 1 spiro atoms. The van der Waals surface area contributed by atoms with Crippen LogP contribution in [0.25, 0.3) is 16.7 Å². The van der Waals surface area contributed by atoms with Gasteiger partial charge in [0.05, 0.1) is 17.8 Å². The van der Waals surface area contributed by atoms with Gasteiger partial charge in [-0.3, -0.25) is 4.72 Å². The van der Waals surface area contributed by atoms with E-state index in [-0.39, 0.29) is 12.3 Å². The van der Waals surface area contributed by atoms with Crippen molar-refractivity contribution >= 4 is 38.9 Å². The molecule has 6 N–H and O–H groups in total. The Balaban J connectivity index is 1.71. The fourth-order valence-electron chi connectivity index (χ4n) is 4.71. The van der Waals surface area contributed by atoms with Gasteiger partial charge in [-0.1, -0.05) is 30.2 Å². The third kappa shape index (κ3) is 4.60. The molecule has 4 rings (SSSR count). The molecule has 33 heavy (non-hydrogen) atoms. The number of esters is 1. The molecule has 9 heteroatoms. The first-order valence-corrected chi connectivity index (χ1v) is 13.1. The number of quaternary nitrogens is 1. The Morgan fingerprint density at radius 3 is 2.58 bits per heavy atom. The number of carbonyl (C=O) groups excluding carboxylic acids is 1. The minimum atomic E-state index is -3.46. The zero-order chi connectivity index (χ0) is 23.8. The average Bonchev–Trinajstić information content (AvgIpc) is 2.98. The van der Waals surface area contributed by atoms with Crippen LogP contribution >= 0.6 is 11.6 Å². The maximum absolute atomic E-state index is 12.8. The minimum Gasteiger partial charge on any atom is -0.449 e. The van der Waals surface area contributed by atoms with Crippen molar-refractivity contribution < 1.29 is 23.7 Å². The Bertz CT molecular complexity index is 1230. The number of nitrogens with one attached hydrogen (secondary N) is 1. The highest BCUT2D eigenvalue weighted by molar-refractivity contribution is 7.92. The predicted molar refractivity (Wildman–Crippen MR) is 130 cm³/mol. The lowest BCUT2D eigenvalue weighted by atomic mass is 9.81. The normalized spacial score (nSPS) is 18.0. The molecule has 176 valence electrons. The fraction of sp³-hybridized carbons (Fsp3) is 0.375. The van der Waals surface area contributed by atoms with Crippen LogP contribution in [0.1, 0.15) is 43.2 Å². The molecule has 0 saturated heterocycles. The third-order valence-electron chi connectivity index (χ3n) is 6.36. The van der Waals surface area contributed by atoms with Crippen molar-refractivity contribution in [2.75, 3.05) is 17.0 Å². The standard InChI is InChI=1S/C24H28ClN3O4S/c1-15-12-19(16-6-5-7-17(13-16)28-33(30,31)11-10-26)20(25)14-18(15)21-22(27)24(32-23(21)29)8-3-2-4-9-24/h5-7,12-14,28H,2-4,8-11,26-27H2,1H3/p+1. The minimum absolute atomic E-state index is 0.0556. The van der Waals surface area contributed by atoms with Crippen molar-refractivity contribution in [3.63, 3.8) is 0 Å². The highest BCUT2D eigenvalue weighted by Crippen LogP contribution is 2.45. The Hall–Kier alpha value is -2.55. The van der Waals surface area contributed by atoms with Crippen LogP contribution in [0.5, 0.6) is 0 Å². The molecule has 0 amide bonds. The smallest absolute Gasteiger partial charge is 0.341 e. The van der Waals surface area contributed by atoms with Crippen LogP contribution in [0.3, 0.4) is 0 Å². The van der Waals surface area contributed by atoms with Gasteiger partial charge in [0.1, 0.15) is 5.75 Å². The van der Waals surface area contributed by atoms with Gasteiger partial charge in [-0.05, 0) is 73.6 Å². The number of sulfonamides is 1. The summed E-state index contributed by atoms with van der Waals surface area (Å²) in [5.74, 6) is -0.456. The van der Waals surface area contributed by atoms with Gasteiger partial charge in [-0.2, -0.15) is 0 Å². The van der Waals surface area contributed by atoms with Crippen molar-refractivity contribution in [2.24, 2.45) is 5.73 Å². The summed E-state index contributed by atoms with van der Waals surface area (Å²) in [6.07, 6.45) is 4.57. The molecule has 1 heterocycles. The maximum atomic E-state index is 12.8. The maximum Gasteiger partial charge on any atom is 0.341 e. The van der Waals surface area contributed by atoms with Crippen LogP contribution in [0.2, 0.25) is 5.02 Å². The van der Waals surface area contributed by atoms with Gasteiger partial charge in [0.25, 0.3) is 0 Å². The Labute approximate surface area is 199 Å². The van der Waals surface area contributed by atoms with Gasteiger partial charge in [-0.25, -0.2) is 13.2 Å². The van der Waals surface area contributed by atoms with Gasteiger partial charge in [0.2, 0.25) is 10.0 Å². The van der Waals surface area contributed by atoms with Crippen LogP contribution in [-0.2, 0) is 19.6 Å². The summed E-state index contributed by atoms with van der Waals surface area (Å²) >= 11 is 6.66. The summed E-state index contributed by atoms with van der Waals surface area (Å²) < 4.78 is 32.6. The number of carbonyl (C=O) groups is 1. The Kier molecular flexibility index (Phi) is 6.44. The highest BCUT2D eigenvalue weighted by Gasteiger charge is 2.47. The van der Waals surface area contributed by atoms with E-state index in [2.05, 4.69) is 10.5 Å². The largest absolute Gasteiger partial charge is 0.449 e. The van der Waals surface area contributed by atoms with Gasteiger partial charge < -0.3 is 16.2 Å². The number of hydrogen-bond acceptors (Lipinski definition) is 5. The molecular weight excluding hydrogens is 462 g/mol. The van der Waals surface area contributed by atoms with E-state index >= 15 is 0 Å². The molecule has 1 aliphatic carbocycles. The molecule has 0 aromatic heterocycles. The first-order chi connectivity index (χ1) is 15.7. The molecule has 1 saturated carbocycles. The second-order valence-electron chi connectivity index (χ2n) is 8.74. The van der Waals surface area contributed by atoms with Crippen LogP contribution < -0.4 is 16.2 Å². The summed E-state index contributed by atoms with van der Waals surface area (Å²) in [5, 5.41) is 0.436. The summed E-state index contributed by atoms with van der Waals surface area (Å²) in [4.78, 5) is 12.8. The predicted octanol–water partition coefficient (Wildman–Crippen LogP) is 3.23. The number of hydrogen-bond donors (Lipinski definition) is 3. The lowest BCUT2D eigenvalue weighted by Crippen LogP contribution is -2.53. The van der Waals surface area contributed by atoms with Gasteiger partial charge in [0.15, 0.2) is 5.60 Å². The highest BCUT2D eigenvalue weighted by atomic mass is 35.5. The van der Waals surface area contributed by atoms with E-state index in [4.69, 9.17) is 22.1 Å². The third-order valence-corrected chi connectivity index (χ3v) is 8.04. The molecule has 0 atom stereocenters. The number of benzene rings is 2. The quantitative estimate of drug-likeness (QED) is 0.536. The Morgan fingerprint density at radius 1 is 1.15 bits per heavy atom. The van der Waals surface area contributed by atoms with Crippen LogP contribution in [0.4, 0.5) is 5.69 Å². The monoisotopic (exact) mass is 490 g/mol. The number of nitrogens with two attached hydrogens (primary N) is 1. The van der Waals surface area contributed by atoms with Crippen molar-refractivity contribution in [1.29, 1.82) is 0 Å². The average molecular weight is 491 g/mol. The van der Waals surface area contributed by atoms with Crippen LogP contribution in [0, 0.1) is 6.92 Å². The van der Waals surface area contributed by atoms with Crippen molar-refractivity contribution in [1.82, 2.24) is 0 Å². The van der Waals surface area contributed by atoms with E-state index in [0.717, 1.165) is 48.8 Å². The molecule has 0 bridgehead atoms. The summed E-state index contributed by atoms with van der Waals surface area (Å²) in [7, 11) is -3.46. The molecule has 0 unspecified atom stereocenters. The lowest BCUT2D eigenvalue weighted by molar-refractivity contribution is -0.360. The summed E-state index contributed by atoms with van der Waals surface area (Å²) in [5.41, 5.74) is 13.7. The summed E-state index contributed by atoms with van der Waals surface area (Å²) in [6.45, 7) is 2.18. The number of rotatable bonds is 6. The SMILES string of the molecule is Cc1cc(-c2cccc(NS(=O)(=O)CC[NH3+])c2)c(Cl)cc1C1=C(N)C2(CCCCC2)OC1=O. The number of ether oxygens (including phenoxy) is 1. The van der Waals surface area contributed by atoms with E-state index < -0.39 is 21.6 Å². The first kappa shape index (κ1) is 23.6. The molecule has 2 aromatic carbocycles. The molecule has 1 fully saturated rings. The Morgan fingerprint density at radius 2 is 1.88 bits per heavy atom. The van der Waals surface area contributed by atoms with E-state index in [1.54, 1.807) is 24.3 Å². The first-order valence-electron chi connectivity index (χ1n) is 11.1. The van der Waals surface area contributed by atoms with Gasteiger partial charge in [-0.15, -0.1) is 0 Å². The van der Waals surface area contributed by atoms with Crippen LogP contribution in [0.15, 0.2) is 42.1 Å². The van der Waals surface area contributed by atoms with Crippen molar-refractivity contribution in [3.8, 4) is 11.1 Å². The summed E-state index contributed by atoms with van der Waals surface area (Å²) in [6, 6.07) is 10.7. The second kappa shape index (κ2) is 9.00. The van der Waals surface area contributed by atoms with E-state index in [9.17, 15) is 13.2 Å². The lowest BCUT2D eigenvalue weighted by Gasteiger charge is -2.32. The van der Waals surface area contributed by atoms with E-state index in [0.29, 0.717) is 27.5 Å². The zero-order valence-electron chi connectivity index (χ0n) is 18.6. The molecule has 7 nitrogen and oxygen atoms in total. The zero-order valence-corrected chi connectivity index (χ0v) is 20.2. The van der Waals surface area contributed by atoms with Gasteiger partial charge >= 0.3 is 5.97 Å². The van der Waals surface area contributed by atoms with Crippen molar-refractivity contribution in [3.05, 3.63) is 58.2 Å². The molecule has 0 radical (unpaired) electrons. The van der Waals surface area contributed by atoms with Gasteiger partial charge in [0, 0.05) is 16.3 Å². The van der Waals surface area contributed by atoms with E-state index in [1.807, 2.05) is 19.1 Å². The molecule has 2 aromatic rings. The van der Waals surface area contributed by atoms with Crippen LogP contribution in [-0.4, -0.2) is 32.3 Å². The topological polar surface area (TPSA) is 126 Å². The van der Waals surface area contributed by atoms with E-state index in [1.165, 1.54) is 0 Å². The molecular formula is C24H29ClN3O4S+. The second-order valence-corrected chi connectivity index (χ2v) is 11.0. The molecule has 2 aliphatic rings. The molecule has 1 aliphatic heterocycles. The fourth-order valence-corrected chi connectivity index (χ4v) is 5.95. The number of anilines is 1. The number of halogens is 1. The number of aryl methyl sites for hydroxylation is 1.